The molecule has 0 radical (unpaired) electrons. The molecular weight excluding hydrogens is 220 g/mol. The van der Waals surface area contributed by atoms with Crippen molar-refractivity contribution < 1.29 is 0 Å². The standard InChI is InChI=1S/C16H26N2/c1-13(2)8-9-18(16-6-7-16)12-15-5-3-4-14(10-15)11-17/h3-5,10,13,16H,6-9,11-12,17H2,1-2H3. The van der Waals surface area contributed by atoms with Crippen molar-refractivity contribution in [2.75, 3.05) is 6.54 Å². The second kappa shape index (κ2) is 6.35. The summed E-state index contributed by atoms with van der Waals surface area (Å²) in [7, 11) is 0. The van der Waals surface area contributed by atoms with E-state index in [1.54, 1.807) is 0 Å². The molecule has 0 amide bonds. The quantitative estimate of drug-likeness (QED) is 0.801. The molecule has 2 rings (SSSR count). The zero-order valence-corrected chi connectivity index (χ0v) is 11.7. The van der Waals surface area contributed by atoms with Crippen LogP contribution < -0.4 is 5.73 Å². The van der Waals surface area contributed by atoms with Gasteiger partial charge in [-0.1, -0.05) is 38.1 Å². The third-order valence-corrected chi connectivity index (χ3v) is 3.67. The summed E-state index contributed by atoms with van der Waals surface area (Å²) in [6, 6.07) is 9.56. The van der Waals surface area contributed by atoms with Gasteiger partial charge in [0.05, 0.1) is 0 Å². The van der Waals surface area contributed by atoms with Gasteiger partial charge < -0.3 is 5.73 Å². The average Bonchev–Trinajstić information content (AvgIpc) is 3.18. The van der Waals surface area contributed by atoms with Crippen LogP contribution in [0.25, 0.3) is 0 Å². The fourth-order valence-corrected chi connectivity index (χ4v) is 2.34. The summed E-state index contributed by atoms with van der Waals surface area (Å²) in [6.45, 7) is 7.57. The van der Waals surface area contributed by atoms with Crippen molar-refractivity contribution in [1.29, 1.82) is 0 Å². The number of nitrogens with zero attached hydrogens (tertiary/aromatic N) is 1. The molecule has 0 atom stereocenters. The van der Waals surface area contributed by atoms with E-state index >= 15 is 0 Å². The second-order valence-electron chi connectivity index (χ2n) is 5.91. The molecule has 100 valence electrons. The molecule has 1 aromatic rings. The van der Waals surface area contributed by atoms with Crippen LogP contribution in [-0.4, -0.2) is 17.5 Å². The lowest BCUT2D eigenvalue weighted by atomic mass is 10.1. The van der Waals surface area contributed by atoms with Crippen molar-refractivity contribution in [3.63, 3.8) is 0 Å². The number of hydrogen-bond acceptors (Lipinski definition) is 2. The van der Waals surface area contributed by atoms with E-state index in [1.165, 1.54) is 36.9 Å². The van der Waals surface area contributed by atoms with E-state index in [0.717, 1.165) is 18.5 Å². The molecule has 18 heavy (non-hydrogen) atoms. The molecule has 1 aliphatic carbocycles. The Bertz CT molecular complexity index is 369. The molecule has 2 heteroatoms. The average molecular weight is 246 g/mol. The Morgan fingerprint density at radius 1 is 1.28 bits per heavy atom. The Balaban J connectivity index is 1.94. The van der Waals surface area contributed by atoms with Crippen molar-refractivity contribution in [1.82, 2.24) is 4.90 Å². The number of nitrogens with two attached hydrogens (primary N) is 1. The molecule has 2 nitrogen and oxygen atoms in total. The summed E-state index contributed by atoms with van der Waals surface area (Å²) in [5.74, 6) is 0.793. The minimum absolute atomic E-state index is 0.642. The Morgan fingerprint density at radius 2 is 2.00 bits per heavy atom. The van der Waals surface area contributed by atoms with Gasteiger partial charge in [-0.2, -0.15) is 0 Å². The van der Waals surface area contributed by atoms with Gasteiger partial charge in [0.15, 0.2) is 0 Å². The Kier molecular flexibility index (Phi) is 4.79. The maximum absolute atomic E-state index is 5.71. The van der Waals surface area contributed by atoms with E-state index in [-0.39, 0.29) is 0 Å². The summed E-state index contributed by atoms with van der Waals surface area (Å²) in [4.78, 5) is 2.65. The van der Waals surface area contributed by atoms with Crippen molar-refractivity contribution in [3.05, 3.63) is 35.4 Å². The molecule has 0 aliphatic heterocycles. The maximum Gasteiger partial charge on any atom is 0.0236 e. The summed E-state index contributed by atoms with van der Waals surface area (Å²) >= 11 is 0. The number of hydrogen-bond donors (Lipinski definition) is 1. The predicted octanol–water partition coefficient (Wildman–Crippen LogP) is 3.16. The van der Waals surface area contributed by atoms with Gasteiger partial charge in [-0.25, -0.2) is 0 Å². The van der Waals surface area contributed by atoms with Crippen LogP contribution >= 0.6 is 0 Å². The summed E-state index contributed by atoms with van der Waals surface area (Å²) in [5.41, 5.74) is 8.36. The van der Waals surface area contributed by atoms with Gasteiger partial charge in [-0.15, -0.1) is 0 Å². The first-order valence-electron chi connectivity index (χ1n) is 7.21. The lowest BCUT2D eigenvalue weighted by Gasteiger charge is -2.23. The molecule has 0 heterocycles. The number of benzene rings is 1. The second-order valence-corrected chi connectivity index (χ2v) is 5.91. The Morgan fingerprint density at radius 3 is 2.61 bits per heavy atom. The first kappa shape index (κ1) is 13.6. The lowest BCUT2D eigenvalue weighted by Crippen LogP contribution is -2.27. The van der Waals surface area contributed by atoms with Crippen LogP contribution in [0.5, 0.6) is 0 Å². The SMILES string of the molecule is CC(C)CCN(Cc1cccc(CN)c1)C1CC1. The number of rotatable bonds is 7. The molecule has 0 spiro atoms. The van der Waals surface area contributed by atoms with Gasteiger partial charge in [-0.05, 0) is 42.9 Å². The van der Waals surface area contributed by atoms with Crippen molar-refractivity contribution in [2.24, 2.45) is 11.7 Å². The fourth-order valence-electron chi connectivity index (χ4n) is 2.34. The van der Waals surface area contributed by atoms with Gasteiger partial charge in [0, 0.05) is 19.1 Å². The van der Waals surface area contributed by atoms with Gasteiger partial charge in [0.2, 0.25) is 0 Å². The van der Waals surface area contributed by atoms with Crippen LogP contribution in [-0.2, 0) is 13.1 Å². The molecule has 1 aromatic carbocycles. The largest absolute Gasteiger partial charge is 0.326 e. The molecule has 0 unspecified atom stereocenters. The third kappa shape index (κ3) is 4.11. The minimum atomic E-state index is 0.642. The Labute approximate surface area is 111 Å². The molecule has 0 bridgehead atoms. The predicted molar refractivity (Wildman–Crippen MR) is 77.2 cm³/mol. The van der Waals surface area contributed by atoms with E-state index in [2.05, 4.69) is 43.0 Å². The van der Waals surface area contributed by atoms with Gasteiger partial charge >= 0.3 is 0 Å². The highest BCUT2D eigenvalue weighted by molar-refractivity contribution is 5.23. The normalized spacial score (nSPS) is 15.6. The fraction of sp³-hybridized carbons (Fsp3) is 0.625. The smallest absolute Gasteiger partial charge is 0.0236 e. The van der Waals surface area contributed by atoms with Crippen LogP contribution in [0.2, 0.25) is 0 Å². The highest BCUT2D eigenvalue weighted by atomic mass is 15.2. The molecule has 1 fully saturated rings. The molecular formula is C16H26N2. The van der Waals surface area contributed by atoms with Gasteiger partial charge in [-0.3, -0.25) is 4.90 Å². The van der Waals surface area contributed by atoms with Gasteiger partial charge in [0.1, 0.15) is 0 Å². The van der Waals surface area contributed by atoms with Crippen LogP contribution in [0.3, 0.4) is 0 Å². The summed E-state index contributed by atoms with van der Waals surface area (Å²) in [6.07, 6.45) is 4.07. The molecule has 0 saturated heterocycles. The van der Waals surface area contributed by atoms with Crippen LogP contribution in [0.1, 0.15) is 44.2 Å². The third-order valence-electron chi connectivity index (χ3n) is 3.67. The topological polar surface area (TPSA) is 29.3 Å². The summed E-state index contributed by atoms with van der Waals surface area (Å²) < 4.78 is 0. The highest BCUT2D eigenvalue weighted by Crippen LogP contribution is 2.29. The van der Waals surface area contributed by atoms with Crippen molar-refractivity contribution in [3.8, 4) is 0 Å². The van der Waals surface area contributed by atoms with Crippen molar-refractivity contribution in [2.45, 2.75) is 52.2 Å². The van der Waals surface area contributed by atoms with Crippen LogP contribution in [0, 0.1) is 5.92 Å². The summed E-state index contributed by atoms with van der Waals surface area (Å²) in [5, 5.41) is 0. The van der Waals surface area contributed by atoms with Crippen LogP contribution in [0.15, 0.2) is 24.3 Å². The molecule has 1 aliphatic rings. The molecule has 0 aromatic heterocycles. The Hall–Kier alpha value is -0.860. The van der Waals surface area contributed by atoms with E-state index in [4.69, 9.17) is 5.73 Å². The maximum atomic E-state index is 5.71. The van der Waals surface area contributed by atoms with Crippen molar-refractivity contribution >= 4 is 0 Å². The first-order chi connectivity index (χ1) is 8.69. The monoisotopic (exact) mass is 246 g/mol. The van der Waals surface area contributed by atoms with E-state index < -0.39 is 0 Å². The zero-order chi connectivity index (χ0) is 13.0. The zero-order valence-electron chi connectivity index (χ0n) is 11.7. The van der Waals surface area contributed by atoms with E-state index in [9.17, 15) is 0 Å². The minimum Gasteiger partial charge on any atom is -0.326 e. The van der Waals surface area contributed by atoms with E-state index in [0.29, 0.717) is 6.54 Å². The first-order valence-corrected chi connectivity index (χ1v) is 7.21. The van der Waals surface area contributed by atoms with Gasteiger partial charge in [0.25, 0.3) is 0 Å². The van der Waals surface area contributed by atoms with E-state index in [1.807, 2.05) is 0 Å². The molecule has 2 N–H and O–H groups in total. The lowest BCUT2D eigenvalue weighted by molar-refractivity contribution is 0.239. The molecule has 1 saturated carbocycles. The highest BCUT2D eigenvalue weighted by Gasteiger charge is 2.28. The van der Waals surface area contributed by atoms with Crippen LogP contribution in [0.4, 0.5) is 0 Å².